The van der Waals surface area contributed by atoms with Crippen LogP contribution in [-0.2, 0) is 10.0 Å². The van der Waals surface area contributed by atoms with E-state index in [0.717, 1.165) is 0 Å². The van der Waals surface area contributed by atoms with Crippen LogP contribution < -0.4 is 4.72 Å². The van der Waals surface area contributed by atoms with Crippen LogP contribution in [-0.4, -0.2) is 8.42 Å². The van der Waals surface area contributed by atoms with Gasteiger partial charge >= 0.3 is 0 Å². The molecule has 0 aliphatic carbocycles. The predicted octanol–water partition coefficient (Wildman–Crippen LogP) is 3.39. The van der Waals surface area contributed by atoms with Crippen LogP contribution in [0, 0.1) is 5.82 Å². The molecule has 0 saturated carbocycles. The van der Waals surface area contributed by atoms with E-state index in [1.807, 2.05) is 0 Å². The zero-order valence-corrected chi connectivity index (χ0v) is 11.5. The first-order valence-electron chi connectivity index (χ1n) is 5.01. The molecular formula is C12H9BrFNO2S. The number of halogens is 2. The van der Waals surface area contributed by atoms with E-state index >= 15 is 0 Å². The van der Waals surface area contributed by atoms with Gasteiger partial charge in [-0.1, -0.05) is 22.0 Å². The molecule has 94 valence electrons. The molecule has 0 spiro atoms. The Hall–Kier alpha value is -1.40. The topological polar surface area (TPSA) is 46.2 Å². The molecule has 0 radical (unpaired) electrons. The van der Waals surface area contributed by atoms with Gasteiger partial charge in [0.2, 0.25) is 0 Å². The molecule has 0 fully saturated rings. The lowest BCUT2D eigenvalue weighted by atomic mass is 10.3. The third-order valence-electron chi connectivity index (χ3n) is 2.20. The van der Waals surface area contributed by atoms with Crippen LogP contribution in [0.4, 0.5) is 10.1 Å². The van der Waals surface area contributed by atoms with Crippen molar-refractivity contribution in [1.29, 1.82) is 0 Å². The molecule has 0 aliphatic heterocycles. The van der Waals surface area contributed by atoms with E-state index in [-0.39, 0.29) is 4.90 Å². The van der Waals surface area contributed by atoms with Gasteiger partial charge in [-0.25, -0.2) is 12.8 Å². The maximum Gasteiger partial charge on any atom is 0.261 e. The molecule has 1 N–H and O–H groups in total. The summed E-state index contributed by atoms with van der Waals surface area (Å²) in [7, 11) is -3.65. The first-order chi connectivity index (χ1) is 8.47. The number of nitrogens with one attached hydrogen (secondary N) is 1. The number of rotatable bonds is 3. The van der Waals surface area contributed by atoms with Crippen LogP contribution in [0.3, 0.4) is 0 Å². The highest BCUT2D eigenvalue weighted by molar-refractivity contribution is 9.10. The third kappa shape index (κ3) is 3.08. The monoisotopic (exact) mass is 329 g/mol. The Morgan fingerprint density at radius 3 is 2.33 bits per heavy atom. The minimum absolute atomic E-state index is 0.140. The minimum Gasteiger partial charge on any atom is -0.280 e. The molecule has 0 amide bonds. The van der Waals surface area contributed by atoms with Gasteiger partial charge in [-0.3, -0.25) is 4.72 Å². The number of hydrogen-bond donors (Lipinski definition) is 1. The summed E-state index contributed by atoms with van der Waals surface area (Å²) < 4.78 is 39.8. The predicted molar refractivity (Wildman–Crippen MR) is 71.4 cm³/mol. The quantitative estimate of drug-likeness (QED) is 0.938. The van der Waals surface area contributed by atoms with Crippen molar-refractivity contribution in [2.75, 3.05) is 4.72 Å². The summed E-state index contributed by atoms with van der Waals surface area (Å²) in [5.41, 5.74) is 0.316. The lowest BCUT2D eigenvalue weighted by Crippen LogP contribution is -2.12. The fraction of sp³-hybridized carbons (Fsp3) is 0. The van der Waals surface area contributed by atoms with Crippen LogP contribution in [0.25, 0.3) is 0 Å². The summed E-state index contributed by atoms with van der Waals surface area (Å²) in [5, 5.41) is 0. The highest BCUT2D eigenvalue weighted by atomic mass is 79.9. The highest BCUT2D eigenvalue weighted by Crippen LogP contribution is 2.19. The summed E-state index contributed by atoms with van der Waals surface area (Å²) in [5.74, 6) is -0.416. The normalized spacial score (nSPS) is 11.2. The van der Waals surface area contributed by atoms with Gasteiger partial charge in [-0.15, -0.1) is 0 Å². The van der Waals surface area contributed by atoms with Crippen molar-refractivity contribution in [2.24, 2.45) is 0 Å². The SMILES string of the molecule is O=S(=O)(Nc1ccc(F)cc1)c1cccc(Br)c1. The molecule has 0 saturated heterocycles. The van der Waals surface area contributed by atoms with Crippen LogP contribution >= 0.6 is 15.9 Å². The largest absolute Gasteiger partial charge is 0.280 e. The standard InChI is InChI=1S/C12H9BrFNO2S/c13-9-2-1-3-12(8-9)18(16,17)15-11-6-4-10(14)5-7-11/h1-8,15H. The van der Waals surface area contributed by atoms with Crippen LogP contribution in [0.15, 0.2) is 57.9 Å². The number of anilines is 1. The van der Waals surface area contributed by atoms with E-state index in [1.165, 1.54) is 36.4 Å². The molecule has 0 heterocycles. The Bertz CT molecular complexity index is 656. The van der Waals surface area contributed by atoms with Crippen LogP contribution in [0.1, 0.15) is 0 Å². The summed E-state index contributed by atoms with van der Waals surface area (Å²) in [6.45, 7) is 0. The zero-order chi connectivity index (χ0) is 13.2. The number of benzene rings is 2. The molecule has 0 unspecified atom stereocenters. The van der Waals surface area contributed by atoms with Gasteiger partial charge in [0.1, 0.15) is 5.82 Å². The van der Waals surface area contributed by atoms with E-state index in [2.05, 4.69) is 20.7 Å². The van der Waals surface area contributed by atoms with E-state index < -0.39 is 15.8 Å². The van der Waals surface area contributed by atoms with Crippen molar-refractivity contribution in [3.8, 4) is 0 Å². The van der Waals surface area contributed by atoms with Gasteiger partial charge in [0, 0.05) is 10.2 Å². The van der Waals surface area contributed by atoms with Crippen molar-refractivity contribution >= 4 is 31.6 Å². The maximum absolute atomic E-state index is 12.7. The summed E-state index contributed by atoms with van der Waals surface area (Å²) in [6.07, 6.45) is 0. The maximum atomic E-state index is 12.7. The summed E-state index contributed by atoms with van der Waals surface area (Å²) >= 11 is 3.21. The molecule has 3 nitrogen and oxygen atoms in total. The van der Waals surface area contributed by atoms with Crippen LogP contribution in [0.5, 0.6) is 0 Å². The lowest BCUT2D eigenvalue weighted by Gasteiger charge is -2.08. The van der Waals surface area contributed by atoms with E-state index in [9.17, 15) is 12.8 Å². The van der Waals surface area contributed by atoms with Crippen molar-refractivity contribution in [1.82, 2.24) is 0 Å². The molecule has 0 bridgehead atoms. The van der Waals surface area contributed by atoms with E-state index in [1.54, 1.807) is 12.1 Å². The Morgan fingerprint density at radius 2 is 1.72 bits per heavy atom. The fourth-order valence-electron chi connectivity index (χ4n) is 1.37. The Balaban J connectivity index is 2.30. The number of sulfonamides is 1. The Morgan fingerprint density at radius 1 is 1.06 bits per heavy atom. The van der Waals surface area contributed by atoms with E-state index in [4.69, 9.17) is 0 Å². The molecule has 6 heteroatoms. The molecule has 0 aliphatic rings. The molecular weight excluding hydrogens is 321 g/mol. The molecule has 2 aromatic carbocycles. The number of hydrogen-bond acceptors (Lipinski definition) is 2. The van der Waals surface area contributed by atoms with Gasteiger partial charge in [0.25, 0.3) is 10.0 Å². The molecule has 18 heavy (non-hydrogen) atoms. The average Bonchev–Trinajstić information content (AvgIpc) is 2.32. The Labute approximate surface area is 113 Å². The highest BCUT2D eigenvalue weighted by Gasteiger charge is 2.14. The molecule has 2 rings (SSSR count). The summed E-state index contributed by atoms with van der Waals surface area (Å²) in [4.78, 5) is 0.140. The first-order valence-corrected chi connectivity index (χ1v) is 7.29. The van der Waals surface area contributed by atoms with Crippen LogP contribution in [0.2, 0.25) is 0 Å². The van der Waals surface area contributed by atoms with Gasteiger partial charge in [-0.2, -0.15) is 0 Å². The van der Waals surface area contributed by atoms with Crippen molar-refractivity contribution in [3.05, 3.63) is 58.8 Å². The lowest BCUT2D eigenvalue weighted by molar-refractivity contribution is 0.601. The molecule has 0 aromatic heterocycles. The van der Waals surface area contributed by atoms with Crippen molar-refractivity contribution < 1.29 is 12.8 Å². The average molecular weight is 330 g/mol. The van der Waals surface area contributed by atoms with Gasteiger partial charge in [0.15, 0.2) is 0 Å². The molecule has 0 atom stereocenters. The van der Waals surface area contributed by atoms with Gasteiger partial charge in [0.05, 0.1) is 4.90 Å². The van der Waals surface area contributed by atoms with Crippen molar-refractivity contribution in [2.45, 2.75) is 4.90 Å². The second kappa shape index (κ2) is 5.07. The van der Waals surface area contributed by atoms with Crippen molar-refractivity contribution in [3.63, 3.8) is 0 Å². The third-order valence-corrected chi connectivity index (χ3v) is 4.08. The van der Waals surface area contributed by atoms with Gasteiger partial charge < -0.3 is 0 Å². The minimum atomic E-state index is -3.65. The zero-order valence-electron chi connectivity index (χ0n) is 9.10. The first kappa shape index (κ1) is 13.0. The molecule has 2 aromatic rings. The second-order valence-corrected chi connectivity index (χ2v) is 6.17. The second-order valence-electron chi connectivity index (χ2n) is 3.57. The fourth-order valence-corrected chi connectivity index (χ4v) is 3.02. The Kier molecular flexibility index (Phi) is 3.68. The van der Waals surface area contributed by atoms with Gasteiger partial charge in [-0.05, 0) is 42.5 Å². The summed E-state index contributed by atoms with van der Waals surface area (Å²) in [6, 6.07) is 11.5. The smallest absolute Gasteiger partial charge is 0.261 e. The van der Waals surface area contributed by atoms with E-state index in [0.29, 0.717) is 10.2 Å².